The van der Waals surface area contributed by atoms with Gasteiger partial charge in [0.05, 0.1) is 0 Å². The van der Waals surface area contributed by atoms with Crippen molar-refractivity contribution in [1.82, 2.24) is 9.97 Å². The minimum atomic E-state index is 0.340. The number of nitrogens with zero attached hydrogens (tertiary/aromatic N) is 2. The molecule has 2 rings (SSSR count). The molecule has 0 amide bonds. The Labute approximate surface area is 126 Å². The smallest absolute Gasteiger partial charge is 0.223 e. The summed E-state index contributed by atoms with van der Waals surface area (Å²) in [5, 5.41) is 0.767. The zero-order chi connectivity index (χ0) is 14.0. The van der Waals surface area contributed by atoms with E-state index in [-0.39, 0.29) is 0 Å². The molecule has 2 aromatic rings. The van der Waals surface area contributed by atoms with Gasteiger partial charge in [-0.2, -0.15) is 0 Å². The Morgan fingerprint density at radius 3 is 2.58 bits per heavy atom. The van der Waals surface area contributed by atoms with Gasteiger partial charge in [-0.25, -0.2) is 9.97 Å². The molecule has 1 aromatic heterocycles. The average Bonchev–Trinajstić information content (AvgIpc) is 2.32. The SMILES string of the molecule is Cc1cc(Cl)c(C(C)C)cc1Oc1cc(Br)ncn1. The topological polar surface area (TPSA) is 35.0 Å². The summed E-state index contributed by atoms with van der Waals surface area (Å²) in [6.45, 7) is 6.16. The molecule has 0 aliphatic heterocycles. The second-order valence-electron chi connectivity index (χ2n) is 4.57. The lowest BCUT2D eigenvalue weighted by molar-refractivity contribution is 0.456. The van der Waals surface area contributed by atoms with E-state index in [2.05, 4.69) is 39.7 Å². The number of rotatable bonds is 3. The third kappa shape index (κ3) is 3.45. The van der Waals surface area contributed by atoms with Gasteiger partial charge in [0.1, 0.15) is 16.7 Å². The summed E-state index contributed by atoms with van der Waals surface area (Å²) in [5.74, 6) is 1.60. The lowest BCUT2D eigenvalue weighted by atomic mass is 10.0. The zero-order valence-corrected chi connectivity index (χ0v) is 13.3. The normalized spacial score (nSPS) is 10.8. The van der Waals surface area contributed by atoms with Crippen molar-refractivity contribution < 1.29 is 4.74 Å². The first-order valence-corrected chi connectivity index (χ1v) is 7.10. The molecule has 0 saturated heterocycles. The van der Waals surface area contributed by atoms with Gasteiger partial charge in [-0.3, -0.25) is 0 Å². The van der Waals surface area contributed by atoms with Crippen molar-refractivity contribution in [3.63, 3.8) is 0 Å². The predicted octanol–water partition coefficient (Wildman–Crippen LogP) is 5.12. The van der Waals surface area contributed by atoms with E-state index in [0.717, 1.165) is 21.9 Å². The van der Waals surface area contributed by atoms with Crippen LogP contribution in [0.1, 0.15) is 30.9 Å². The first kappa shape index (κ1) is 14.3. The van der Waals surface area contributed by atoms with Gasteiger partial charge in [0, 0.05) is 11.1 Å². The van der Waals surface area contributed by atoms with Gasteiger partial charge in [-0.15, -0.1) is 0 Å². The van der Waals surface area contributed by atoms with E-state index >= 15 is 0 Å². The highest BCUT2D eigenvalue weighted by Crippen LogP contribution is 2.33. The monoisotopic (exact) mass is 340 g/mol. The number of benzene rings is 1. The molecular weight excluding hydrogens is 328 g/mol. The molecule has 0 bridgehead atoms. The van der Waals surface area contributed by atoms with Gasteiger partial charge in [-0.1, -0.05) is 25.4 Å². The van der Waals surface area contributed by atoms with Crippen molar-refractivity contribution in [3.05, 3.63) is 45.3 Å². The largest absolute Gasteiger partial charge is 0.439 e. The van der Waals surface area contributed by atoms with Crippen LogP contribution >= 0.6 is 27.5 Å². The Morgan fingerprint density at radius 2 is 1.95 bits per heavy atom. The molecule has 0 N–H and O–H groups in total. The number of hydrogen-bond acceptors (Lipinski definition) is 3. The molecule has 0 aliphatic carbocycles. The highest BCUT2D eigenvalue weighted by molar-refractivity contribution is 9.10. The Balaban J connectivity index is 2.37. The summed E-state index contributed by atoms with van der Waals surface area (Å²) < 4.78 is 6.48. The van der Waals surface area contributed by atoms with E-state index in [0.29, 0.717) is 16.4 Å². The van der Waals surface area contributed by atoms with E-state index in [1.807, 2.05) is 19.1 Å². The van der Waals surface area contributed by atoms with E-state index in [1.54, 1.807) is 6.07 Å². The van der Waals surface area contributed by atoms with Gasteiger partial charge in [0.15, 0.2) is 0 Å². The standard InChI is InChI=1S/C14H14BrClN2O/c1-8(2)10-5-12(9(3)4-11(10)16)19-14-6-13(15)17-7-18-14/h4-8H,1-3H3. The quantitative estimate of drug-likeness (QED) is 0.727. The summed E-state index contributed by atoms with van der Waals surface area (Å²) >= 11 is 9.53. The van der Waals surface area contributed by atoms with Crippen LogP contribution in [0.25, 0.3) is 0 Å². The van der Waals surface area contributed by atoms with Crippen molar-refractivity contribution in [2.24, 2.45) is 0 Å². The van der Waals surface area contributed by atoms with Gasteiger partial charge < -0.3 is 4.74 Å². The first-order valence-electron chi connectivity index (χ1n) is 5.93. The van der Waals surface area contributed by atoms with Gasteiger partial charge in [0.2, 0.25) is 5.88 Å². The number of aryl methyl sites for hydroxylation is 1. The molecule has 0 radical (unpaired) electrons. The maximum Gasteiger partial charge on any atom is 0.223 e. The lowest BCUT2D eigenvalue weighted by Crippen LogP contribution is -1.95. The van der Waals surface area contributed by atoms with E-state index in [9.17, 15) is 0 Å². The van der Waals surface area contributed by atoms with Crippen LogP contribution in [0.5, 0.6) is 11.6 Å². The maximum absolute atomic E-state index is 6.24. The van der Waals surface area contributed by atoms with Crippen LogP contribution in [0, 0.1) is 6.92 Å². The third-order valence-electron chi connectivity index (χ3n) is 2.74. The van der Waals surface area contributed by atoms with Crippen LogP contribution in [0.3, 0.4) is 0 Å². The predicted molar refractivity (Wildman–Crippen MR) is 80.1 cm³/mol. The lowest BCUT2D eigenvalue weighted by Gasteiger charge is -2.14. The Bertz CT molecular complexity index is 602. The van der Waals surface area contributed by atoms with Crippen molar-refractivity contribution >= 4 is 27.5 Å². The van der Waals surface area contributed by atoms with Crippen molar-refractivity contribution in [2.45, 2.75) is 26.7 Å². The third-order valence-corrected chi connectivity index (χ3v) is 3.50. The highest BCUT2D eigenvalue weighted by atomic mass is 79.9. The fraction of sp³-hybridized carbons (Fsp3) is 0.286. The number of hydrogen-bond donors (Lipinski definition) is 0. The molecule has 5 heteroatoms. The summed E-state index contributed by atoms with van der Waals surface area (Å²) in [4.78, 5) is 8.04. The van der Waals surface area contributed by atoms with E-state index < -0.39 is 0 Å². The van der Waals surface area contributed by atoms with Crippen LogP contribution < -0.4 is 4.74 Å². The highest BCUT2D eigenvalue weighted by Gasteiger charge is 2.11. The van der Waals surface area contributed by atoms with E-state index in [1.165, 1.54) is 6.33 Å². The molecule has 0 aliphatic rings. The Kier molecular flexibility index (Phi) is 4.42. The van der Waals surface area contributed by atoms with Gasteiger partial charge in [0.25, 0.3) is 0 Å². The zero-order valence-electron chi connectivity index (χ0n) is 10.9. The van der Waals surface area contributed by atoms with E-state index in [4.69, 9.17) is 16.3 Å². The Hall–Kier alpha value is -1.13. The molecule has 100 valence electrons. The molecular formula is C14H14BrClN2O. The molecule has 0 atom stereocenters. The molecule has 1 heterocycles. The molecule has 0 unspecified atom stereocenters. The van der Waals surface area contributed by atoms with Crippen LogP contribution in [0.2, 0.25) is 5.02 Å². The summed E-state index contributed by atoms with van der Waals surface area (Å²) in [6, 6.07) is 5.61. The van der Waals surface area contributed by atoms with Gasteiger partial charge in [-0.05, 0) is 52.0 Å². The number of ether oxygens (including phenoxy) is 1. The fourth-order valence-electron chi connectivity index (χ4n) is 1.71. The van der Waals surface area contributed by atoms with Crippen molar-refractivity contribution in [1.29, 1.82) is 0 Å². The summed E-state index contributed by atoms with van der Waals surface area (Å²) in [7, 11) is 0. The van der Waals surface area contributed by atoms with Crippen LogP contribution in [-0.4, -0.2) is 9.97 Å². The van der Waals surface area contributed by atoms with Crippen molar-refractivity contribution in [3.8, 4) is 11.6 Å². The first-order chi connectivity index (χ1) is 8.97. The van der Waals surface area contributed by atoms with Crippen molar-refractivity contribution in [2.75, 3.05) is 0 Å². The molecule has 0 fully saturated rings. The molecule has 19 heavy (non-hydrogen) atoms. The average molecular weight is 342 g/mol. The second kappa shape index (κ2) is 5.88. The fourth-order valence-corrected chi connectivity index (χ4v) is 2.43. The van der Waals surface area contributed by atoms with Crippen LogP contribution in [0.15, 0.2) is 29.1 Å². The van der Waals surface area contributed by atoms with Gasteiger partial charge >= 0.3 is 0 Å². The molecule has 1 aromatic carbocycles. The maximum atomic E-state index is 6.24. The molecule has 0 saturated carbocycles. The van der Waals surface area contributed by atoms with Crippen LogP contribution in [0.4, 0.5) is 0 Å². The number of aromatic nitrogens is 2. The number of halogens is 2. The van der Waals surface area contributed by atoms with Crippen LogP contribution in [-0.2, 0) is 0 Å². The molecule has 3 nitrogen and oxygen atoms in total. The summed E-state index contributed by atoms with van der Waals surface area (Å²) in [5.41, 5.74) is 2.04. The Morgan fingerprint density at radius 1 is 1.21 bits per heavy atom. The summed E-state index contributed by atoms with van der Waals surface area (Å²) in [6.07, 6.45) is 1.45. The second-order valence-corrected chi connectivity index (χ2v) is 5.79. The minimum absolute atomic E-state index is 0.340. The minimum Gasteiger partial charge on any atom is -0.439 e. The molecule has 0 spiro atoms.